The standard InChI is InChI=1S/C20H21BrN2O3/c21-17-10-4-5-11-18(17)22-19(24)14-23(13-16-9-6-12-26-16)20(25)15-7-2-1-3-8-15/h1-2,4-6,9-12,15H,3,7-8,13-14H2,(H,22,24)/t15-/m0/s1. The van der Waals surface area contributed by atoms with Gasteiger partial charge in [0.1, 0.15) is 12.3 Å². The molecule has 1 heterocycles. The van der Waals surface area contributed by atoms with Gasteiger partial charge in [-0.15, -0.1) is 0 Å². The fourth-order valence-electron chi connectivity index (χ4n) is 3.00. The molecular formula is C20H21BrN2O3. The summed E-state index contributed by atoms with van der Waals surface area (Å²) in [5.74, 6) is 0.348. The molecule has 1 aliphatic rings. The van der Waals surface area contributed by atoms with Crippen LogP contribution in [0.15, 0.2) is 63.7 Å². The number of carbonyl (C=O) groups excluding carboxylic acids is 2. The Morgan fingerprint density at radius 1 is 1.19 bits per heavy atom. The van der Waals surface area contributed by atoms with Gasteiger partial charge in [0.05, 0.1) is 18.5 Å². The SMILES string of the molecule is O=C(CN(Cc1ccco1)C(=O)[C@H]1CC=CCC1)Nc1ccccc1Br. The highest BCUT2D eigenvalue weighted by Gasteiger charge is 2.26. The zero-order valence-electron chi connectivity index (χ0n) is 14.4. The van der Waals surface area contributed by atoms with Crippen LogP contribution in [0.5, 0.6) is 0 Å². The minimum Gasteiger partial charge on any atom is -0.467 e. The zero-order valence-corrected chi connectivity index (χ0v) is 15.9. The largest absolute Gasteiger partial charge is 0.467 e. The molecule has 2 aromatic rings. The Morgan fingerprint density at radius 3 is 2.73 bits per heavy atom. The molecule has 0 saturated carbocycles. The number of furan rings is 1. The molecule has 26 heavy (non-hydrogen) atoms. The molecule has 0 radical (unpaired) electrons. The molecule has 0 saturated heterocycles. The third kappa shape index (κ3) is 4.85. The fraction of sp³-hybridized carbons (Fsp3) is 0.300. The molecule has 6 heteroatoms. The Balaban J connectivity index is 1.70. The highest BCUT2D eigenvalue weighted by Crippen LogP contribution is 2.23. The molecule has 0 spiro atoms. The number of carbonyl (C=O) groups is 2. The maximum Gasteiger partial charge on any atom is 0.244 e. The second-order valence-electron chi connectivity index (χ2n) is 6.28. The van der Waals surface area contributed by atoms with Gasteiger partial charge < -0.3 is 14.6 Å². The lowest BCUT2D eigenvalue weighted by molar-refractivity contribution is -0.139. The van der Waals surface area contributed by atoms with Gasteiger partial charge in [-0.1, -0.05) is 24.3 Å². The highest BCUT2D eigenvalue weighted by atomic mass is 79.9. The number of para-hydroxylation sites is 1. The number of amides is 2. The average molecular weight is 417 g/mol. The van der Waals surface area contributed by atoms with Crippen molar-refractivity contribution in [2.45, 2.75) is 25.8 Å². The lowest BCUT2D eigenvalue weighted by Crippen LogP contribution is -2.41. The molecule has 0 fully saturated rings. The fourth-order valence-corrected chi connectivity index (χ4v) is 3.39. The second-order valence-corrected chi connectivity index (χ2v) is 7.14. The van der Waals surface area contributed by atoms with E-state index in [0.717, 1.165) is 23.7 Å². The summed E-state index contributed by atoms with van der Waals surface area (Å²) < 4.78 is 6.17. The third-order valence-electron chi connectivity index (χ3n) is 4.34. The summed E-state index contributed by atoms with van der Waals surface area (Å²) in [4.78, 5) is 27.0. The number of hydrogen-bond donors (Lipinski definition) is 1. The molecule has 1 atom stereocenters. The maximum atomic E-state index is 12.9. The second kappa shape index (κ2) is 8.85. The Bertz CT molecular complexity index is 786. The Kier molecular flexibility index (Phi) is 6.28. The summed E-state index contributed by atoms with van der Waals surface area (Å²) in [6.07, 6.45) is 8.14. The summed E-state index contributed by atoms with van der Waals surface area (Å²) in [6.45, 7) is 0.274. The first kappa shape index (κ1) is 18.5. The number of nitrogens with one attached hydrogen (secondary N) is 1. The molecule has 136 valence electrons. The summed E-state index contributed by atoms with van der Waals surface area (Å²) >= 11 is 3.41. The van der Waals surface area contributed by atoms with Crippen LogP contribution in [-0.2, 0) is 16.1 Å². The number of rotatable bonds is 6. The molecule has 0 unspecified atom stereocenters. The van der Waals surface area contributed by atoms with Gasteiger partial charge in [-0.3, -0.25) is 9.59 Å². The van der Waals surface area contributed by atoms with Crippen molar-refractivity contribution in [2.24, 2.45) is 5.92 Å². The van der Waals surface area contributed by atoms with Crippen molar-refractivity contribution in [1.29, 1.82) is 0 Å². The van der Waals surface area contributed by atoms with Crippen LogP contribution in [0.4, 0.5) is 5.69 Å². The summed E-state index contributed by atoms with van der Waals surface area (Å²) in [5.41, 5.74) is 0.684. The quantitative estimate of drug-likeness (QED) is 0.711. The molecule has 1 aromatic heterocycles. The van der Waals surface area contributed by atoms with E-state index in [1.54, 1.807) is 17.2 Å². The van der Waals surface area contributed by atoms with Crippen LogP contribution in [-0.4, -0.2) is 23.3 Å². The number of anilines is 1. The third-order valence-corrected chi connectivity index (χ3v) is 5.03. The van der Waals surface area contributed by atoms with Crippen LogP contribution < -0.4 is 5.32 Å². The summed E-state index contributed by atoms with van der Waals surface area (Å²) in [7, 11) is 0. The molecule has 3 rings (SSSR count). The van der Waals surface area contributed by atoms with Gasteiger partial charge in [0, 0.05) is 10.4 Å². The van der Waals surface area contributed by atoms with Gasteiger partial charge in [0.15, 0.2) is 0 Å². The van der Waals surface area contributed by atoms with E-state index < -0.39 is 0 Å². The van der Waals surface area contributed by atoms with Crippen LogP contribution in [0.3, 0.4) is 0 Å². The van der Waals surface area contributed by atoms with Crippen LogP contribution in [0.2, 0.25) is 0 Å². The first-order valence-electron chi connectivity index (χ1n) is 8.64. The topological polar surface area (TPSA) is 62.6 Å². The molecule has 1 N–H and O–H groups in total. The average Bonchev–Trinajstić information content (AvgIpc) is 3.16. The van der Waals surface area contributed by atoms with Crippen molar-refractivity contribution in [2.75, 3.05) is 11.9 Å². The molecule has 5 nitrogen and oxygen atoms in total. The van der Waals surface area contributed by atoms with E-state index in [0.29, 0.717) is 11.4 Å². The number of halogens is 1. The van der Waals surface area contributed by atoms with Crippen molar-refractivity contribution in [3.05, 3.63) is 65.0 Å². The first-order valence-corrected chi connectivity index (χ1v) is 9.43. The van der Waals surface area contributed by atoms with E-state index in [4.69, 9.17) is 4.42 Å². The van der Waals surface area contributed by atoms with Crippen LogP contribution >= 0.6 is 15.9 Å². The van der Waals surface area contributed by atoms with Gasteiger partial charge in [-0.05, 0) is 59.5 Å². The van der Waals surface area contributed by atoms with E-state index in [-0.39, 0.29) is 30.8 Å². The lowest BCUT2D eigenvalue weighted by atomic mass is 9.93. The highest BCUT2D eigenvalue weighted by molar-refractivity contribution is 9.10. The van der Waals surface area contributed by atoms with E-state index >= 15 is 0 Å². The number of nitrogens with zero attached hydrogens (tertiary/aromatic N) is 1. The minimum atomic E-state index is -0.233. The van der Waals surface area contributed by atoms with E-state index in [1.165, 1.54) is 0 Å². The number of benzene rings is 1. The van der Waals surface area contributed by atoms with E-state index in [1.807, 2.05) is 36.4 Å². The van der Waals surface area contributed by atoms with E-state index in [9.17, 15) is 9.59 Å². The molecule has 0 bridgehead atoms. The van der Waals surface area contributed by atoms with Crippen LogP contribution in [0.25, 0.3) is 0 Å². The van der Waals surface area contributed by atoms with Crippen LogP contribution in [0.1, 0.15) is 25.0 Å². The van der Waals surface area contributed by atoms with Crippen molar-refractivity contribution >= 4 is 33.4 Å². The van der Waals surface area contributed by atoms with Crippen molar-refractivity contribution in [3.8, 4) is 0 Å². The van der Waals surface area contributed by atoms with Gasteiger partial charge in [0.25, 0.3) is 0 Å². The van der Waals surface area contributed by atoms with Crippen LogP contribution in [0, 0.1) is 5.92 Å². The molecular weight excluding hydrogens is 396 g/mol. The van der Waals surface area contributed by atoms with Gasteiger partial charge >= 0.3 is 0 Å². The van der Waals surface area contributed by atoms with Crippen molar-refractivity contribution in [3.63, 3.8) is 0 Å². The monoisotopic (exact) mass is 416 g/mol. The van der Waals surface area contributed by atoms with E-state index in [2.05, 4.69) is 27.3 Å². The smallest absolute Gasteiger partial charge is 0.244 e. The summed E-state index contributed by atoms with van der Waals surface area (Å²) in [5, 5.41) is 2.85. The van der Waals surface area contributed by atoms with Gasteiger partial charge in [-0.25, -0.2) is 0 Å². The van der Waals surface area contributed by atoms with Gasteiger partial charge in [-0.2, -0.15) is 0 Å². The van der Waals surface area contributed by atoms with Crippen molar-refractivity contribution < 1.29 is 14.0 Å². The normalized spacial score (nSPS) is 16.3. The zero-order chi connectivity index (χ0) is 18.4. The van der Waals surface area contributed by atoms with Crippen molar-refractivity contribution in [1.82, 2.24) is 4.90 Å². The number of allylic oxidation sites excluding steroid dienone is 2. The first-order chi connectivity index (χ1) is 12.6. The Labute approximate surface area is 161 Å². The predicted molar refractivity (Wildman–Crippen MR) is 103 cm³/mol. The molecule has 2 amide bonds. The van der Waals surface area contributed by atoms with Gasteiger partial charge in [0.2, 0.25) is 11.8 Å². The Morgan fingerprint density at radius 2 is 2.04 bits per heavy atom. The predicted octanol–water partition coefficient (Wildman–Crippen LogP) is 4.37. The maximum absolute atomic E-state index is 12.9. The summed E-state index contributed by atoms with van der Waals surface area (Å²) in [6, 6.07) is 11.0. The molecule has 1 aliphatic carbocycles. The molecule has 0 aliphatic heterocycles. The lowest BCUT2D eigenvalue weighted by Gasteiger charge is -2.27. The Hall–Kier alpha value is -2.34. The molecule has 1 aromatic carbocycles. The number of hydrogen-bond acceptors (Lipinski definition) is 3. The minimum absolute atomic E-state index is 0.00646.